The van der Waals surface area contributed by atoms with Gasteiger partial charge in [0, 0.05) is 17.2 Å². The quantitative estimate of drug-likeness (QED) is 0.332. The van der Waals surface area contributed by atoms with Crippen molar-refractivity contribution in [1.82, 2.24) is 0 Å². The first kappa shape index (κ1) is 15.1. The van der Waals surface area contributed by atoms with Gasteiger partial charge in [-0.3, -0.25) is 0 Å². The molecule has 0 fully saturated rings. The Bertz CT molecular complexity index is 151. The molecule has 0 unspecified atom stereocenters. The molecule has 0 atom stereocenters. The van der Waals surface area contributed by atoms with Crippen molar-refractivity contribution in [2.45, 2.75) is 64.3 Å². The highest BCUT2D eigenvalue weighted by atomic mass is 32.1. The van der Waals surface area contributed by atoms with Crippen molar-refractivity contribution in [3.05, 3.63) is 0 Å². The summed E-state index contributed by atoms with van der Waals surface area (Å²) >= 11 is 4.84. The van der Waals surface area contributed by atoms with E-state index in [0.29, 0.717) is 5.05 Å². The Balaban J connectivity index is 2.89. The number of ether oxygens (including phenoxy) is 1. The van der Waals surface area contributed by atoms with Gasteiger partial charge in [-0.05, 0) is 18.6 Å². The Morgan fingerprint density at radius 1 is 0.933 bits per heavy atom. The third-order valence-corrected chi connectivity index (χ3v) is 3.38. The van der Waals surface area contributed by atoms with E-state index >= 15 is 0 Å². The van der Waals surface area contributed by atoms with Crippen molar-refractivity contribution < 1.29 is 4.74 Å². The fraction of sp³-hybridized carbons (Fsp3) is 0.917. The van der Waals surface area contributed by atoms with Gasteiger partial charge < -0.3 is 4.74 Å². The van der Waals surface area contributed by atoms with Gasteiger partial charge in [-0.1, -0.05) is 51.0 Å². The van der Waals surface area contributed by atoms with E-state index in [1.54, 1.807) is 0 Å². The highest BCUT2D eigenvalue weighted by molar-refractivity contribution is 7.80. The summed E-state index contributed by atoms with van der Waals surface area (Å²) in [7, 11) is 1.38. The number of unbranched alkanes of at least 4 members (excludes halogenated alkanes) is 7. The minimum Gasteiger partial charge on any atom is -0.487 e. The average molecular weight is 246 g/mol. The average Bonchev–Trinajstić information content (AvgIpc) is 2.20. The summed E-state index contributed by atoms with van der Waals surface area (Å²) in [5.74, 6) is 0. The molecule has 0 N–H and O–H groups in total. The maximum Gasteiger partial charge on any atom is 0.156 e. The smallest absolute Gasteiger partial charge is 0.156 e. The Morgan fingerprint density at radius 3 is 1.87 bits per heavy atom. The lowest BCUT2D eigenvalue weighted by Crippen LogP contribution is -1.97. The fourth-order valence-corrected chi connectivity index (χ4v) is 2.21. The molecule has 3 heteroatoms. The zero-order valence-electron chi connectivity index (χ0n) is 10.4. The minimum atomic E-state index is 0.679. The monoisotopic (exact) mass is 246 g/mol. The van der Waals surface area contributed by atoms with E-state index in [1.807, 2.05) is 6.92 Å². The molecule has 0 aliphatic rings. The van der Waals surface area contributed by atoms with Gasteiger partial charge in [0.25, 0.3) is 0 Å². The molecule has 0 aliphatic heterocycles. The van der Waals surface area contributed by atoms with Crippen molar-refractivity contribution in [3.8, 4) is 0 Å². The van der Waals surface area contributed by atoms with E-state index in [9.17, 15) is 0 Å². The Morgan fingerprint density at radius 2 is 1.40 bits per heavy atom. The second kappa shape index (κ2) is 12.2. The zero-order valence-corrected chi connectivity index (χ0v) is 13.2. The second-order valence-corrected chi connectivity index (χ2v) is 5.74. The van der Waals surface area contributed by atoms with E-state index in [1.165, 1.54) is 61.2 Å². The predicted molar refractivity (Wildman–Crippen MR) is 75.9 cm³/mol. The van der Waals surface area contributed by atoms with E-state index in [4.69, 9.17) is 17.0 Å². The molecule has 0 bridgehead atoms. The lowest BCUT2D eigenvalue weighted by atomic mass is 10.1. The Labute approximate surface area is 103 Å². The van der Waals surface area contributed by atoms with Crippen LogP contribution in [0.4, 0.5) is 0 Å². The van der Waals surface area contributed by atoms with Crippen molar-refractivity contribution >= 4 is 27.5 Å². The first-order chi connectivity index (χ1) is 7.27. The fourth-order valence-electron chi connectivity index (χ4n) is 1.63. The zero-order chi connectivity index (χ0) is 11.4. The number of hydrogen-bond acceptors (Lipinski definition) is 2. The minimum absolute atomic E-state index is 0.679. The van der Waals surface area contributed by atoms with Crippen LogP contribution in [-0.2, 0) is 4.74 Å². The van der Waals surface area contributed by atoms with E-state index in [2.05, 4.69) is 0 Å². The van der Waals surface area contributed by atoms with Crippen molar-refractivity contribution in [2.24, 2.45) is 0 Å². The van der Waals surface area contributed by atoms with Crippen LogP contribution in [0.2, 0.25) is 6.04 Å². The molecule has 0 radical (unpaired) electrons. The molecular weight excluding hydrogens is 220 g/mol. The molecule has 90 valence electrons. The summed E-state index contributed by atoms with van der Waals surface area (Å²) in [6.07, 6.45) is 11.0. The molecule has 0 aliphatic carbocycles. The van der Waals surface area contributed by atoms with Crippen molar-refractivity contribution in [2.75, 3.05) is 6.61 Å². The molecular formula is C12H26OSSi. The molecule has 0 saturated carbocycles. The van der Waals surface area contributed by atoms with Gasteiger partial charge in [0.05, 0.1) is 6.61 Å². The summed E-state index contributed by atoms with van der Waals surface area (Å²) in [5.41, 5.74) is 0. The van der Waals surface area contributed by atoms with Gasteiger partial charge in [0.15, 0.2) is 5.05 Å². The molecule has 0 spiro atoms. The number of hydrogen-bond donors (Lipinski definition) is 0. The summed E-state index contributed by atoms with van der Waals surface area (Å²) in [4.78, 5) is 0. The lowest BCUT2D eigenvalue weighted by Gasteiger charge is -2.03. The summed E-state index contributed by atoms with van der Waals surface area (Å²) in [5, 5.41) is 0.679. The van der Waals surface area contributed by atoms with Crippen molar-refractivity contribution in [3.63, 3.8) is 0 Å². The second-order valence-electron chi connectivity index (χ2n) is 4.17. The van der Waals surface area contributed by atoms with Crippen LogP contribution in [0.5, 0.6) is 0 Å². The van der Waals surface area contributed by atoms with E-state index in [0.717, 1.165) is 13.0 Å². The van der Waals surface area contributed by atoms with Crippen LogP contribution in [0.1, 0.15) is 58.3 Å². The first-order valence-corrected chi connectivity index (χ1v) is 8.23. The van der Waals surface area contributed by atoms with Crippen molar-refractivity contribution in [1.29, 1.82) is 0 Å². The Kier molecular flexibility index (Phi) is 12.3. The topological polar surface area (TPSA) is 9.23 Å². The summed E-state index contributed by atoms with van der Waals surface area (Å²) in [6.45, 7) is 2.65. The molecule has 0 saturated heterocycles. The SMILES string of the molecule is CC(=S)OCCCCCCCCCC[SiH3]. The number of thiocarbonyl (C=S) groups is 1. The molecule has 0 aromatic carbocycles. The van der Waals surface area contributed by atoms with Gasteiger partial charge in [-0.2, -0.15) is 0 Å². The highest BCUT2D eigenvalue weighted by Crippen LogP contribution is 2.09. The lowest BCUT2D eigenvalue weighted by molar-refractivity contribution is 0.297. The van der Waals surface area contributed by atoms with Crippen LogP contribution in [0.25, 0.3) is 0 Å². The van der Waals surface area contributed by atoms with E-state index in [-0.39, 0.29) is 0 Å². The molecule has 0 rings (SSSR count). The van der Waals surface area contributed by atoms with Gasteiger partial charge >= 0.3 is 0 Å². The standard InChI is InChI=1S/C12H26OSSi/c1-12(14)13-10-8-6-4-2-3-5-7-9-11-15/h2-11H2,1,15H3. The van der Waals surface area contributed by atoms with Gasteiger partial charge in [0.1, 0.15) is 0 Å². The summed E-state index contributed by atoms with van der Waals surface area (Å²) in [6, 6.07) is 1.48. The number of rotatable bonds is 10. The van der Waals surface area contributed by atoms with Crippen LogP contribution in [-0.4, -0.2) is 21.9 Å². The van der Waals surface area contributed by atoms with Crippen LogP contribution >= 0.6 is 12.2 Å². The first-order valence-electron chi connectivity index (χ1n) is 6.40. The molecule has 15 heavy (non-hydrogen) atoms. The Hall–Kier alpha value is 0.107. The molecule has 1 nitrogen and oxygen atoms in total. The largest absolute Gasteiger partial charge is 0.487 e. The summed E-state index contributed by atoms with van der Waals surface area (Å²) < 4.78 is 5.24. The van der Waals surface area contributed by atoms with Crippen LogP contribution in [0.3, 0.4) is 0 Å². The third-order valence-electron chi connectivity index (χ3n) is 2.55. The predicted octanol–water partition coefficient (Wildman–Crippen LogP) is 3.25. The molecule has 0 aromatic heterocycles. The molecule has 0 heterocycles. The molecule has 0 amide bonds. The van der Waals surface area contributed by atoms with Gasteiger partial charge in [-0.25, -0.2) is 0 Å². The highest BCUT2D eigenvalue weighted by Gasteiger charge is 1.92. The van der Waals surface area contributed by atoms with Gasteiger partial charge in [0.2, 0.25) is 0 Å². The van der Waals surface area contributed by atoms with E-state index < -0.39 is 0 Å². The van der Waals surface area contributed by atoms with Crippen LogP contribution < -0.4 is 0 Å². The third kappa shape index (κ3) is 14.1. The van der Waals surface area contributed by atoms with Crippen LogP contribution in [0.15, 0.2) is 0 Å². The van der Waals surface area contributed by atoms with Gasteiger partial charge in [-0.15, -0.1) is 0 Å². The normalized spacial score (nSPS) is 10.5. The molecule has 0 aromatic rings. The van der Waals surface area contributed by atoms with Crippen LogP contribution in [0, 0.1) is 0 Å². The maximum atomic E-state index is 5.24. The maximum absolute atomic E-state index is 5.24.